The molecule has 30 heavy (non-hydrogen) atoms. The number of hydrogen-bond donors (Lipinski definition) is 1. The number of amides is 2. The fraction of sp³-hybridized carbons (Fsp3) is 0.417. The molecule has 0 saturated carbocycles. The van der Waals surface area contributed by atoms with Crippen LogP contribution in [0.4, 0.5) is 0 Å². The Hall–Kier alpha value is -2.04. The topological polar surface area (TPSA) is 49.4 Å². The molecule has 4 nitrogen and oxygen atoms in total. The van der Waals surface area contributed by atoms with Gasteiger partial charge >= 0.3 is 0 Å². The molecule has 0 aliphatic carbocycles. The monoisotopic (exact) mass is 448 g/mol. The Morgan fingerprint density at radius 2 is 1.73 bits per heavy atom. The third-order valence-electron chi connectivity index (χ3n) is 5.04. The minimum atomic E-state index is -0.591. The molecule has 0 spiro atoms. The van der Waals surface area contributed by atoms with Crippen molar-refractivity contribution in [2.75, 3.05) is 6.54 Å². The van der Waals surface area contributed by atoms with Crippen molar-refractivity contribution in [2.24, 2.45) is 0 Å². The van der Waals surface area contributed by atoms with Crippen LogP contribution in [-0.4, -0.2) is 29.3 Å². The average molecular weight is 449 g/mol. The van der Waals surface area contributed by atoms with E-state index in [9.17, 15) is 9.59 Å². The third-order valence-corrected chi connectivity index (χ3v) is 5.75. The first-order valence-electron chi connectivity index (χ1n) is 10.4. The molecule has 2 rings (SSSR count). The number of rotatable bonds is 10. The van der Waals surface area contributed by atoms with E-state index in [4.69, 9.17) is 23.2 Å². The molecule has 2 amide bonds. The number of aryl methyl sites for hydroxylation is 1. The number of benzene rings is 2. The van der Waals surface area contributed by atoms with Gasteiger partial charge in [0.1, 0.15) is 6.04 Å². The fourth-order valence-electron chi connectivity index (χ4n) is 3.38. The van der Waals surface area contributed by atoms with E-state index in [0.29, 0.717) is 28.6 Å². The zero-order valence-electron chi connectivity index (χ0n) is 17.9. The summed E-state index contributed by atoms with van der Waals surface area (Å²) in [7, 11) is 0. The van der Waals surface area contributed by atoms with Crippen LogP contribution in [0.15, 0.2) is 42.5 Å². The quantitative estimate of drug-likeness (QED) is 0.483. The summed E-state index contributed by atoms with van der Waals surface area (Å²) >= 11 is 12.7. The van der Waals surface area contributed by atoms with Crippen molar-refractivity contribution in [1.82, 2.24) is 10.2 Å². The zero-order chi connectivity index (χ0) is 22.1. The van der Waals surface area contributed by atoms with Crippen LogP contribution in [-0.2, 0) is 22.6 Å². The summed E-state index contributed by atoms with van der Waals surface area (Å²) in [5, 5.41) is 3.93. The summed E-state index contributed by atoms with van der Waals surface area (Å²) in [6.45, 7) is 6.75. The Bertz CT molecular complexity index is 850. The lowest BCUT2D eigenvalue weighted by Crippen LogP contribution is -2.49. The van der Waals surface area contributed by atoms with Crippen molar-refractivity contribution in [3.8, 4) is 0 Å². The number of carbonyl (C=O) groups is 2. The first-order chi connectivity index (χ1) is 14.4. The van der Waals surface area contributed by atoms with Crippen molar-refractivity contribution in [3.05, 3.63) is 69.2 Å². The van der Waals surface area contributed by atoms with Gasteiger partial charge in [-0.3, -0.25) is 9.59 Å². The fourth-order valence-corrected chi connectivity index (χ4v) is 3.89. The lowest BCUT2D eigenvalue weighted by molar-refractivity contribution is -0.140. The van der Waals surface area contributed by atoms with Crippen LogP contribution < -0.4 is 5.32 Å². The lowest BCUT2D eigenvalue weighted by atomic mass is 10.0. The number of carbonyl (C=O) groups excluding carboxylic acids is 2. The van der Waals surface area contributed by atoms with Crippen LogP contribution in [0.25, 0.3) is 0 Å². The van der Waals surface area contributed by atoms with Gasteiger partial charge in [0.25, 0.3) is 0 Å². The Balaban J connectivity index is 2.32. The molecule has 1 N–H and O–H groups in total. The number of hydrogen-bond acceptors (Lipinski definition) is 2. The smallest absolute Gasteiger partial charge is 0.242 e. The van der Waals surface area contributed by atoms with E-state index in [2.05, 4.69) is 12.2 Å². The molecule has 162 valence electrons. The van der Waals surface area contributed by atoms with Crippen LogP contribution in [0.5, 0.6) is 0 Å². The highest BCUT2D eigenvalue weighted by Gasteiger charge is 2.29. The molecule has 0 fully saturated rings. The molecule has 2 aromatic rings. The van der Waals surface area contributed by atoms with E-state index in [-0.39, 0.29) is 24.8 Å². The van der Waals surface area contributed by atoms with Crippen molar-refractivity contribution in [2.45, 2.75) is 59.0 Å². The summed E-state index contributed by atoms with van der Waals surface area (Å²) in [5.41, 5.74) is 2.65. The molecule has 0 radical (unpaired) electrons. The Kier molecular flexibility index (Phi) is 9.67. The highest BCUT2D eigenvalue weighted by atomic mass is 35.5. The third kappa shape index (κ3) is 6.75. The van der Waals surface area contributed by atoms with Gasteiger partial charge in [-0.15, -0.1) is 0 Å². The Labute approximate surface area is 189 Å². The summed E-state index contributed by atoms with van der Waals surface area (Å²) in [6.07, 6.45) is 2.60. The second-order valence-corrected chi connectivity index (χ2v) is 8.27. The molecular formula is C24H30Cl2N2O2. The summed E-state index contributed by atoms with van der Waals surface area (Å²) in [6, 6.07) is 12.5. The molecule has 2 aromatic carbocycles. The molecule has 0 aromatic heterocycles. The Morgan fingerprint density at radius 1 is 1.07 bits per heavy atom. The minimum Gasteiger partial charge on any atom is -0.354 e. The molecule has 0 aliphatic rings. The standard InChI is InChI=1S/C24H30Cl2N2O2/c1-4-6-13-27-24(30)22(5-2)28(16-19-20(25)11-8-12-21(19)26)23(29)15-18-10-7-9-17(3)14-18/h7-12,14,22H,4-6,13,15-16H2,1-3H3,(H,27,30). The maximum atomic E-state index is 13.3. The van der Waals surface area contributed by atoms with Crippen LogP contribution in [0, 0.1) is 6.92 Å². The minimum absolute atomic E-state index is 0.130. The van der Waals surface area contributed by atoms with Gasteiger partial charge in [0.15, 0.2) is 0 Å². The van der Waals surface area contributed by atoms with Gasteiger partial charge in [-0.1, -0.05) is 79.4 Å². The van der Waals surface area contributed by atoms with Crippen molar-refractivity contribution in [3.63, 3.8) is 0 Å². The van der Waals surface area contributed by atoms with E-state index in [1.165, 1.54) is 0 Å². The first kappa shape index (κ1) is 24.2. The first-order valence-corrected chi connectivity index (χ1v) is 11.2. The van der Waals surface area contributed by atoms with Gasteiger partial charge in [-0.25, -0.2) is 0 Å². The Morgan fingerprint density at radius 3 is 2.33 bits per heavy atom. The van der Waals surface area contributed by atoms with Crippen molar-refractivity contribution >= 4 is 35.0 Å². The van der Waals surface area contributed by atoms with Crippen LogP contribution >= 0.6 is 23.2 Å². The molecule has 0 aliphatic heterocycles. The maximum absolute atomic E-state index is 13.3. The van der Waals surface area contributed by atoms with E-state index >= 15 is 0 Å². The number of halogens is 2. The van der Waals surface area contributed by atoms with E-state index in [1.54, 1.807) is 23.1 Å². The van der Waals surface area contributed by atoms with Crippen LogP contribution in [0.2, 0.25) is 10.0 Å². The predicted octanol–water partition coefficient (Wildman–Crippen LogP) is 5.57. The highest BCUT2D eigenvalue weighted by Crippen LogP contribution is 2.27. The van der Waals surface area contributed by atoms with Crippen molar-refractivity contribution in [1.29, 1.82) is 0 Å². The second-order valence-electron chi connectivity index (χ2n) is 7.46. The summed E-state index contributed by atoms with van der Waals surface area (Å²) in [5.74, 6) is -0.277. The van der Waals surface area contributed by atoms with Gasteiger partial charge in [0.2, 0.25) is 11.8 Å². The van der Waals surface area contributed by atoms with Gasteiger partial charge in [-0.05, 0) is 37.5 Å². The van der Waals surface area contributed by atoms with E-state index in [0.717, 1.165) is 24.0 Å². The average Bonchev–Trinajstić information content (AvgIpc) is 2.70. The SMILES string of the molecule is CCCCNC(=O)C(CC)N(Cc1c(Cl)cccc1Cl)C(=O)Cc1cccc(C)c1. The number of nitrogens with one attached hydrogen (secondary N) is 1. The summed E-state index contributed by atoms with van der Waals surface area (Å²) < 4.78 is 0. The highest BCUT2D eigenvalue weighted by molar-refractivity contribution is 6.36. The van der Waals surface area contributed by atoms with Gasteiger partial charge < -0.3 is 10.2 Å². The normalized spacial score (nSPS) is 11.8. The zero-order valence-corrected chi connectivity index (χ0v) is 19.4. The molecule has 0 heterocycles. The van der Waals surface area contributed by atoms with Crippen LogP contribution in [0.1, 0.15) is 49.8 Å². The molecule has 1 unspecified atom stereocenters. The molecule has 6 heteroatoms. The second kappa shape index (κ2) is 12.0. The van der Waals surface area contributed by atoms with Crippen LogP contribution in [0.3, 0.4) is 0 Å². The summed E-state index contributed by atoms with van der Waals surface area (Å²) in [4.78, 5) is 27.8. The molecule has 0 bridgehead atoms. The largest absolute Gasteiger partial charge is 0.354 e. The lowest BCUT2D eigenvalue weighted by Gasteiger charge is -2.31. The predicted molar refractivity (Wildman–Crippen MR) is 124 cm³/mol. The van der Waals surface area contributed by atoms with Crippen molar-refractivity contribution < 1.29 is 9.59 Å². The number of unbranched alkanes of at least 4 members (excludes halogenated alkanes) is 1. The molecule has 1 atom stereocenters. The van der Waals surface area contributed by atoms with Gasteiger partial charge in [-0.2, -0.15) is 0 Å². The maximum Gasteiger partial charge on any atom is 0.242 e. The van der Waals surface area contributed by atoms with Gasteiger partial charge in [0, 0.05) is 28.7 Å². The number of nitrogens with zero attached hydrogens (tertiary/aromatic N) is 1. The van der Waals surface area contributed by atoms with E-state index < -0.39 is 6.04 Å². The van der Waals surface area contributed by atoms with Gasteiger partial charge in [0.05, 0.1) is 6.42 Å². The molecular weight excluding hydrogens is 419 g/mol. The molecule has 0 saturated heterocycles. The van der Waals surface area contributed by atoms with E-state index in [1.807, 2.05) is 38.1 Å².